The Labute approximate surface area is 240 Å². The number of rotatable bonds is 20. The van der Waals surface area contributed by atoms with Gasteiger partial charge in [-0.15, -0.1) is 0 Å². The van der Waals surface area contributed by atoms with E-state index >= 15 is 0 Å². The summed E-state index contributed by atoms with van der Waals surface area (Å²) in [5.74, 6) is 0.103. The number of unbranched alkanes of at least 4 members (excludes halogenated alkanes) is 13. The molecule has 0 radical (unpaired) electrons. The predicted octanol–water partition coefficient (Wildman–Crippen LogP) is 10.8. The van der Waals surface area contributed by atoms with E-state index in [1.807, 2.05) is 91.0 Å². The van der Waals surface area contributed by atoms with Crippen LogP contribution in [0.2, 0.25) is 0 Å². The first kappa shape index (κ1) is 31.4. The van der Waals surface area contributed by atoms with Crippen molar-refractivity contribution in [2.75, 3.05) is 5.75 Å². The van der Waals surface area contributed by atoms with Gasteiger partial charge in [-0.25, -0.2) is 0 Å². The van der Waals surface area contributed by atoms with E-state index in [0.717, 1.165) is 27.5 Å². The lowest BCUT2D eigenvalue weighted by molar-refractivity contribution is 0.385. The largest absolute Gasteiger partial charge is 0.390 e. The summed E-state index contributed by atoms with van der Waals surface area (Å²) in [5.41, 5.74) is 0. The summed E-state index contributed by atoms with van der Waals surface area (Å²) in [6.45, 7) is 2.27. The summed E-state index contributed by atoms with van der Waals surface area (Å²) in [6, 6.07) is 29.8. The van der Waals surface area contributed by atoms with Crippen molar-refractivity contribution in [3.63, 3.8) is 0 Å². The normalized spacial score (nSPS) is 12.4. The minimum absolute atomic E-state index is 0.103. The Morgan fingerprint density at radius 1 is 0.462 bits per heavy atom. The smallest absolute Gasteiger partial charge is 0.262 e. The molecule has 0 aliphatic rings. The summed E-state index contributed by atoms with van der Waals surface area (Å²) in [7, 11) is -5.96. The fraction of sp³-hybridized carbons (Fsp3) is 0.471. The zero-order valence-corrected chi connectivity index (χ0v) is 25.5. The second-order valence-electron chi connectivity index (χ2n) is 10.5. The summed E-state index contributed by atoms with van der Waals surface area (Å²) in [4.78, 5) is 2.81. The summed E-state index contributed by atoms with van der Waals surface area (Å²) >= 11 is 0. The summed E-state index contributed by atoms with van der Waals surface area (Å²) in [6.07, 6.45) is 17.4. The van der Waals surface area contributed by atoms with Gasteiger partial charge < -0.3 is 0 Å². The van der Waals surface area contributed by atoms with Crippen molar-refractivity contribution in [1.29, 1.82) is 0 Å². The van der Waals surface area contributed by atoms with Crippen molar-refractivity contribution in [2.24, 2.45) is 0 Å². The molecule has 0 saturated carbocycles. The van der Waals surface area contributed by atoms with Crippen molar-refractivity contribution in [3.05, 3.63) is 91.0 Å². The Balaban J connectivity index is 1.53. The van der Waals surface area contributed by atoms with Crippen LogP contribution in [0.5, 0.6) is 0 Å². The highest BCUT2D eigenvalue weighted by Gasteiger charge is 2.42. The lowest BCUT2D eigenvalue weighted by Crippen LogP contribution is -2.20. The molecule has 0 bridgehead atoms. The Morgan fingerprint density at radius 3 is 1.10 bits per heavy atom. The minimum Gasteiger partial charge on any atom is -0.262 e. The monoisotopic (exact) mass is 569 g/mol. The first-order chi connectivity index (χ1) is 19.1. The average Bonchev–Trinajstić information content (AvgIpc) is 2.97. The van der Waals surface area contributed by atoms with Gasteiger partial charge in [-0.1, -0.05) is 145 Å². The maximum Gasteiger partial charge on any atom is 0.390 e. The highest BCUT2D eigenvalue weighted by Crippen LogP contribution is 2.68. The average molecular weight is 570 g/mol. The Bertz CT molecular complexity index is 1040. The second kappa shape index (κ2) is 17.6. The van der Waals surface area contributed by atoms with Gasteiger partial charge in [0.2, 0.25) is 0 Å². The molecule has 39 heavy (non-hydrogen) atoms. The highest BCUT2D eigenvalue weighted by molar-refractivity contribution is 8.32. The van der Waals surface area contributed by atoms with E-state index in [1.54, 1.807) is 0 Å². The van der Waals surface area contributed by atoms with Crippen LogP contribution >= 0.6 is 10.3 Å². The zero-order valence-electron chi connectivity index (χ0n) is 23.8. The van der Waals surface area contributed by atoms with Gasteiger partial charge in [-0.2, -0.15) is 8.42 Å². The predicted molar refractivity (Wildman–Crippen MR) is 168 cm³/mol. The van der Waals surface area contributed by atoms with Crippen LogP contribution in [0, 0.1) is 0 Å². The summed E-state index contributed by atoms with van der Waals surface area (Å²) < 4.78 is 31.9. The number of hydrogen-bond donors (Lipinski definition) is 0. The fourth-order valence-corrected chi connectivity index (χ4v) is 10.8. The molecule has 0 aliphatic heterocycles. The standard InChI is InChI=1S/C34H48O3S2/c1-2-3-4-5-6-7-8-9-10-11-12-13-14-24-31-38(35,36)37-39(32-25-18-15-19-26-32,33-27-20-16-21-28-33)34-29-22-17-23-30-34/h15-23,25-30H,2-14,24,31H2,1H3/p+1. The van der Waals surface area contributed by atoms with Crippen molar-refractivity contribution >= 4 is 20.4 Å². The van der Waals surface area contributed by atoms with E-state index in [1.165, 1.54) is 70.6 Å². The second-order valence-corrected chi connectivity index (χ2v) is 15.2. The highest BCUT2D eigenvalue weighted by atomic mass is 32.3. The topological polar surface area (TPSA) is 46.9 Å². The summed E-state index contributed by atoms with van der Waals surface area (Å²) in [5, 5.41) is 0. The van der Waals surface area contributed by atoms with Crippen LogP contribution in [-0.2, 0) is 10.1 Å². The van der Waals surface area contributed by atoms with Crippen LogP contribution in [0.1, 0.15) is 96.8 Å². The molecule has 3 aromatic rings. The minimum atomic E-state index is -3.64. The lowest BCUT2D eigenvalue weighted by Gasteiger charge is -2.34. The van der Waals surface area contributed by atoms with Crippen molar-refractivity contribution in [2.45, 2.75) is 112 Å². The van der Waals surface area contributed by atoms with Crippen LogP contribution in [0.3, 0.4) is 0 Å². The van der Waals surface area contributed by atoms with E-state index < -0.39 is 20.4 Å². The first-order valence-electron chi connectivity index (χ1n) is 15.0. The SMILES string of the molecule is CCCCCCCCCCCCCCCCS(=O)(=O)[OH+]S(c1ccccc1)(c1ccccc1)c1ccccc1. The molecule has 0 fully saturated rings. The van der Waals surface area contributed by atoms with Gasteiger partial charge in [0.15, 0.2) is 0 Å². The van der Waals surface area contributed by atoms with Crippen molar-refractivity contribution < 1.29 is 12.0 Å². The Kier molecular flexibility index (Phi) is 14.2. The molecular formula is C34H49O3S2+. The number of hydrogen-bond acceptors (Lipinski definition) is 2. The molecule has 1 N–H and O–H groups in total. The van der Waals surface area contributed by atoms with Gasteiger partial charge in [0.05, 0.1) is 25.0 Å². The van der Waals surface area contributed by atoms with Crippen LogP contribution in [0.15, 0.2) is 106 Å². The molecule has 0 aliphatic carbocycles. The third kappa shape index (κ3) is 10.4. The Morgan fingerprint density at radius 2 is 0.769 bits per heavy atom. The van der Waals surface area contributed by atoms with Crippen LogP contribution in [0.4, 0.5) is 0 Å². The molecule has 0 unspecified atom stereocenters. The Hall–Kier alpha value is -2.08. The molecule has 5 heteroatoms. The van der Waals surface area contributed by atoms with Gasteiger partial charge in [0.1, 0.15) is 5.75 Å². The number of benzene rings is 3. The maximum absolute atomic E-state index is 13.5. The third-order valence-electron chi connectivity index (χ3n) is 7.23. The van der Waals surface area contributed by atoms with Gasteiger partial charge in [0, 0.05) is 0 Å². The van der Waals surface area contributed by atoms with Gasteiger partial charge in [-0.3, -0.25) is 3.63 Å². The fourth-order valence-electron chi connectivity index (χ4n) is 5.08. The molecule has 214 valence electrons. The molecule has 3 aromatic carbocycles. The molecule has 0 spiro atoms. The quantitative estimate of drug-likeness (QED) is 0.0772. The molecule has 0 aromatic heterocycles. The zero-order chi connectivity index (χ0) is 27.7. The van der Waals surface area contributed by atoms with E-state index in [-0.39, 0.29) is 5.75 Å². The first-order valence-corrected chi connectivity index (χ1v) is 18.2. The molecule has 3 rings (SSSR count). The van der Waals surface area contributed by atoms with E-state index in [4.69, 9.17) is 3.63 Å². The molecule has 0 amide bonds. The van der Waals surface area contributed by atoms with Gasteiger partial charge >= 0.3 is 10.1 Å². The van der Waals surface area contributed by atoms with Gasteiger partial charge in [-0.05, 0) is 42.8 Å². The van der Waals surface area contributed by atoms with Crippen molar-refractivity contribution in [3.8, 4) is 0 Å². The van der Waals surface area contributed by atoms with E-state index in [2.05, 4.69) is 6.92 Å². The van der Waals surface area contributed by atoms with E-state index in [0.29, 0.717) is 6.42 Å². The third-order valence-corrected chi connectivity index (χ3v) is 12.7. The maximum atomic E-state index is 13.5. The molecule has 0 saturated heterocycles. The van der Waals surface area contributed by atoms with E-state index in [9.17, 15) is 8.42 Å². The van der Waals surface area contributed by atoms with Gasteiger partial charge in [0.25, 0.3) is 0 Å². The van der Waals surface area contributed by atoms with Crippen LogP contribution in [-0.4, -0.2) is 17.8 Å². The molecule has 0 heterocycles. The van der Waals surface area contributed by atoms with Crippen LogP contribution < -0.4 is 0 Å². The molecular weight excluding hydrogens is 521 g/mol. The lowest BCUT2D eigenvalue weighted by atomic mass is 10.0. The van der Waals surface area contributed by atoms with Crippen molar-refractivity contribution in [1.82, 2.24) is 0 Å². The molecule has 0 atom stereocenters. The molecule has 3 nitrogen and oxygen atoms in total. The van der Waals surface area contributed by atoms with Crippen LogP contribution in [0.25, 0.3) is 0 Å².